The van der Waals surface area contributed by atoms with Gasteiger partial charge in [-0.1, -0.05) is 5.21 Å². The van der Waals surface area contributed by atoms with Crippen molar-refractivity contribution in [1.82, 2.24) is 25.2 Å². The van der Waals surface area contributed by atoms with E-state index < -0.39 is 0 Å². The van der Waals surface area contributed by atoms with Crippen LogP contribution >= 0.6 is 0 Å². The lowest BCUT2D eigenvalue weighted by molar-refractivity contribution is 0.658. The maximum atomic E-state index is 11.5. The van der Waals surface area contributed by atoms with E-state index in [0.29, 0.717) is 5.52 Å². The van der Waals surface area contributed by atoms with Crippen LogP contribution in [-0.4, -0.2) is 25.2 Å². The molecule has 0 radical (unpaired) electrons. The van der Waals surface area contributed by atoms with Crippen molar-refractivity contribution in [1.29, 1.82) is 5.26 Å². The van der Waals surface area contributed by atoms with Gasteiger partial charge in [-0.15, -0.1) is 5.10 Å². The third-order valence-electron chi connectivity index (χ3n) is 2.40. The number of hydrogen-bond acceptors (Lipinski definition) is 5. The van der Waals surface area contributed by atoms with Crippen LogP contribution in [0.15, 0.2) is 4.79 Å². The third kappa shape index (κ3) is 1.05. The number of fused-ring (bicyclic) bond motifs is 1. The summed E-state index contributed by atoms with van der Waals surface area (Å²) < 4.78 is 1.58. The molecule has 0 unspecified atom stereocenters. The van der Waals surface area contributed by atoms with Crippen molar-refractivity contribution in [2.45, 2.75) is 18.9 Å². The smallest absolute Gasteiger partial charge is 0.265 e. The van der Waals surface area contributed by atoms with E-state index in [4.69, 9.17) is 5.26 Å². The molecule has 1 aliphatic rings. The van der Waals surface area contributed by atoms with Crippen molar-refractivity contribution in [3.8, 4) is 6.07 Å². The first-order chi connectivity index (χ1) is 7.31. The molecule has 0 atom stereocenters. The summed E-state index contributed by atoms with van der Waals surface area (Å²) in [7, 11) is 0. The highest BCUT2D eigenvalue weighted by Gasteiger charge is 2.29. The van der Waals surface area contributed by atoms with E-state index in [1.807, 2.05) is 6.07 Å². The second-order valence-corrected chi connectivity index (χ2v) is 3.47. The van der Waals surface area contributed by atoms with Gasteiger partial charge in [-0.25, -0.2) is 5.10 Å². The zero-order chi connectivity index (χ0) is 10.4. The molecule has 0 aromatic carbocycles. The zero-order valence-corrected chi connectivity index (χ0v) is 7.64. The Morgan fingerprint density at radius 1 is 1.53 bits per heavy atom. The summed E-state index contributed by atoms with van der Waals surface area (Å²) in [6.07, 6.45) is 1.98. The maximum Gasteiger partial charge on any atom is 0.293 e. The van der Waals surface area contributed by atoms with Gasteiger partial charge in [0.05, 0.1) is 6.04 Å². The van der Waals surface area contributed by atoms with Gasteiger partial charge in [0.2, 0.25) is 0 Å². The van der Waals surface area contributed by atoms with E-state index in [2.05, 4.69) is 20.5 Å². The SMILES string of the molecule is N#Cc1nn(C2CC2)c2c(=O)[nH]nnc12. The van der Waals surface area contributed by atoms with Gasteiger partial charge in [0.15, 0.2) is 16.7 Å². The van der Waals surface area contributed by atoms with E-state index in [0.717, 1.165) is 12.8 Å². The lowest BCUT2D eigenvalue weighted by Gasteiger charge is -1.95. The predicted molar refractivity (Wildman–Crippen MR) is 48.9 cm³/mol. The molecule has 2 aromatic heterocycles. The second-order valence-electron chi connectivity index (χ2n) is 3.47. The van der Waals surface area contributed by atoms with Gasteiger partial charge in [0, 0.05) is 0 Å². The summed E-state index contributed by atoms with van der Waals surface area (Å²) in [6, 6.07) is 2.15. The van der Waals surface area contributed by atoms with E-state index in [9.17, 15) is 4.79 Å². The lowest BCUT2D eigenvalue weighted by Crippen LogP contribution is -2.13. The highest BCUT2D eigenvalue weighted by atomic mass is 16.1. The van der Waals surface area contributed by atoms with E-state index >= 15 is 0 Å². The molecule has 2 heterocycles. The molecule has 1 N–H and O–H groups in total. The predicted octanol–water partition coefficient (Wildman–Crippen LogP) is -0.279. The Hall–Kier alpha value is -2.23. The van der Waals surface area contributed by atoms with E-state index in [1.54, 1.807) is 4.68 Å². The molecule has 7 nitrogen and oxygen atoms in total. The number of H-pyrrole nitrogens is 1. The molecule has 1 fully saturated rings. The molecule has 0 bridgehead atoms. The molecule has 1 aliphatic carbocycles. The third-order valence-corrected chi connectivity index (χ3v) is 2.40. The molecule has 7 heteroatoms. The number of hydrogen-bond donors (Lipinski definition) is 1. The molecule has 3 rings (SSSR count). The van der Waals surface area contributed by atoms with Crippen LogP contribution < -0.4 is 5.56 Å². The minimum absolute atomic E-state index is 0.162. The summed E-state index contributed by atoms with van der Waals surface area (Å²) in [4.78, 5) is 11.5. The van der Waals surface area contributed by atoms with Crippen molar-refractivity contribution >= 4 is 11.0 Å². The first kappa shape index (κ1) is 8.11. The van der Waals surface area contributed by atoms with Crippen LogP contribution in [0.5, 0.6) is 0 Å². The molecule has 0 spiro atoms. The van der Waals surface area contributed by atoms with Gasteiger partial charge >= 0.3 is 0 Å². The fourth-order valence-electron chi connectivity index (χ4n) is 1.56. The Bertz CT molecular complexity index is 629. The van der Waals surface area contributed by atoms with Crippen LogP contribution in [0.2, 0.25) is 0 Å². The lowest BCUT2D eigenvalue weighted by atomic mass is 10.4. The summed E-state index contributed by atoms with van der Waals surface area (Å²) >= 11 is 0. The topological polar surface area (TPSA) is 100 Å². The Kier molecular flexibility index (Phi) is 1.42. The number of aromatic amines is 1. The van der Waals surface area contributed by atoms with Gasteiger partial charge in [0.25, 0.3) is 5.56 Å². The van der Waals surface area contributed by atoms with Crippen LogP contribution in [0.25, 0.3) is 11.0 Å². The van der Waals surface area contributed by atoms with Crippen molar-refractivity contribution in [3.63, 3.8) is 0 Å². The van der Waals surface area contributed by atoms with Gasteiger partial charge in [-0.2, -0.15) is 10.4 Å². The van der Waals surface area contributed by atoms with E-state index in [1.165, 1.54) is 0 Å². The van der Waals surface area contributed by atoms with Crippen molar-refractivity contribution in [2.24, 2.45) is 0 Å². The first-order valence-electron chi connectivity index (χ1n) is 4.55. The number of nitrogens with one attached hydrogen (secondary N) is 1. The minimum atomic E-state index is -0.346. The molecular formula is C8H6N6O. The summed E-state index contributed by atoms with van der Waals surface area (Å²) in [5.41, 5.74) is 0.452. The van der Waals surface area contributed by atoms with Crippen LogP contribution in [0, 0.1) is 11.3 Å². The Morgan fingerprint density at radius 2 is 2.33 bits per heavy atom. The van der Waals surface area contributed by atoms with Crippen LogP contribution in [-0.2, 0) is 0 Å². The highest BCUT2D eigenvalue weighted by Crippen LogP contribution is 2.35. The van der Waals surface area contributed by atoms with Gasteiger partial charge < -0.3 is 0 Å². The van der Waals surface area contributed by atoms with Gasteiger partial charge in [-0.3, -0.25) is 9.48 Å². The van der Waals surface area contributed by atoms with Crippen LogP contribution in [0.1, 0.15) is 24.6 Å². The Morgan fingerprint density at radius 3 is 3.00 bits per heavy atom. The fourth-order valence-corrected chi connectivity index (χ4v) is 1.56. The number of aromatic nitrogens is 5. The summed E-state index contributed by atoms with van der Waals surface area (Å²) in [6.45, 7) is 0. The van der Waals surface area contributed by atoms with Gasteiger partial charge in [0.1, 0.15) is 6.07 Å². The fraction of sp³-hybridized carbons (Fsp3) is 0.375. The average molecular weight is 202 g/mol. The first-order valence-corrected chi connectivity index (χ1v) is 4.55. The molecule has 74 valence electrons. The van der Waals surface area contributed by atoms with Crippen molar-refractivity contribution in [3.05, 3.63) is 16.0 Å². The largest absolute Gasteiger partial charge is 0.293 e. The molecule has 15 heavy (non-hydrogen) atoms. The molecule has 0 amide bonds. The van der Waals surface area contributed by atoms with Crippen LogP contribution in [0.4, 0.5) is 0 Å². The molecule has 2 aromatic rings. The minimum Gasteiger partial charge on any atom is -0.265 e. The van der Waals surface area contributed by atoms with Crippen molar-refractivity contribution < 1.29 is 0 Å². The van der Waals surface area contributed by atoms with Crippen LogP contribution in [0.3, 0.4) is 0 Å². The number of nitriles is 1. The normalized spacial score (nSPS) is 15.4. The van der Waals surface area contributed by atoms with E-state index in [-0.39, 0.29) is 22.8 Å². The number of rotatable bonds is 1. The maximum absolute atomic E-state index is 11.5. The Balaban J connectivity index is 2.46. The number of nitrogens with zero attached hydrogens (tertiary/aromatic N) is 5. The zero-order valence-electron chi connectivity index (χ0n) is 7.64. The standard InChI is InChI=1S/C8H6N6O/c9-3-5-6-7(8(15)11-13-10-6)14(12-5)4-1-2-4/h4H,1-2H2,(H,10,11,15). The monoisotopic (exact) mass is 202 g/mol. The molecule has 0 aliphatic heterocycles. The second kappa shape index (κ2) is 2.63. The molecular weight excluding hydrogens is 196 g/mol. The Labute approximate surface area is 83.3 Å². The summed E-state index contributed by atoms with van der Waals surface area (Å²) in [5, 5.41) is 22.3. The van der Waals surface area contributed by atoms with Crippen molar-refractivity contribution in [2.75, 3.05) is 0 Å². The summed E-state index contributed by atoms with van der Waals surface area (Å²) in [5.74, 6) is 0. The molecule has 0 saturated heterocycles. The molecule has 1 saturated carbocycles. The quantitative estimate of drug-likeness (QED) is 0.685. The average Bonchev–Trinajstić information content (AvgIpc) is 3.00. The highest BCUT2D eigenvalue weighted by molar-refractivity contribution is 5.78. The van der Waals surface area contributed by atoms with Gasteiger partial charge in [-0.05, 0) is 12.8 Å².